The third-order valence-corrected chi connectivity index (χ3v) is 2.35. The van der Waals surface area contributed by atoms with Crippen LogP contribution in [-0.4, -0.2) is 18.6 Å². The first kappa shape index (κ1) is 11.0. The van der Waals surface area contributed by atoms with Crippen molar-refractivity contribution in [3.8, 4) is 11.7 Å². The molecule has 0 spiro atoms. The van der Waals surface area contributed by atoms with Gasteiger partial charge in [0, 0.05) is 6.42 Å². The van der Waals surface area contributed by atoms with Gasteiger partial charge in [-0.3, -0.25) is 0 Å². The molecule has 0 bridgehead atoms. The van der Waals surface area contributed by atoms with E-state index in [0.29, 0.717) is 11.7 Å². The maximum absolute atomic E-state index is 5.60. The smallest absolute Gasteiger partial charge is 0.262 e. The molecule has 1 N–H and O–H groups in total. The molecule has 0 aliphatic rings. The highest BCUT2D eigenvalue weighted by atomic mass is 16.4. The van der Waals surface area contributed by atoms with Crippen LogP contribution in [0.3, 0.4) is 0 Å². The molecular weight excluding hydrogens is 204 g/mol. The van der Waals surface area contributed by atoms with Gasteiger partial charge in [-0.25, -0.2) is 4.98 Å². The number of oxazole rings is 1. The van der Waals surface area contributed by atoms with E-state index >= 15 is 0 Å². The van der Waals surface area contributed by atoms with Gasteiger partial charge in [0.25, 0.3) is 5.89 Å². The Morgan fingerprint density at radius 2 is 2.19 bits per heavy atom. The molecule has 16 heavy (non-hydrogen) atoms. The van der Waals surface area contributed by atoms with Crippen LogP contribution in [0.5, 0.6) is 0 Å². The van der Waals surface area contributed by atoms with Gasteiger partial charge in [0.05, 0.1) is 6.20 Å². The minimum absolute atomic E-state index is 0.563. The van der Waals surface area contributed by atoms with E-state index in [1.807, 2.05) is 26.1 Å². The highest BCUT2D eigenvalue weighted by Crippen LogP contribution is 2.21. The quantitative estimate of drug-likeness (QED) is 0.786. The van der Waals surface area contributed by atoms with Gasteiger partial charge in [-0.1, -0.05) is 0 Å². The summed E-state index contributed by atoms with van der Waals surface area (Å²) in [5, 5.41) is 3.10. The van der Waals surface area contributed by atoms with Gasteiger partial charge in [0.1, 0.15) is 11.5 Å². The molecule has 0 fully saturated rings. The number of hydrogen-bond acceptors (Lipinski definition) is 4. The minimum atomic E-state index is 0.563. The molecule has 0 aliphatic heterocycles. The van der Waals surface area contributed by atoms with E-state index in [9.17, 15) is 0 Å². The van der Waals surface area contributed by atoms with Crippen molar-refractivity contribution >= 4 is 0 Å². The van der Waals surface area contributed by atoms with Gasteiger partial charge in [-0.2, -0.15) is 0 Å². The van der Waals surface area contributed by atoms with E-state index < -0.39 is 0 Å². The molecule has 2 rings (SSSR count). The molecule has 2 heterocycles. The maximum atomic E-state index is 5.60. The molecular formula is C12H16N2O2. The van der Waals surface area contributed by atoms with E-state index in [-0.39, 0.29) is 0 Å². The highest BCUT2D eigenvalue weighted by Gasteiger charge is 2.09. The summed E-state index contributed by atoms with van der Waals surface area (Å²) in [6.07, 6.45) is 3.71. The van der Waals surface area contributed by atoms with Crippen molar-refractivity contribution in [2.75, 3.05) is 13.6 Å². The fourth-order valence-electron chi connectivity index (χ4n) is 1.53. The van der Waals surface area contributed by atoms with Crippen molar-refractivity contribution in [1.29, 1.82) is 0 Å². The lowest BCUT2D eigenvalue weighted by Gasteiger charge is -1.95. The summed E-state index contributed by atoms with van der Waals surface area (Å²) in [4.78, 5) is 4.20. The average Bonchev–Trinajstić information content (AvgIpc) is 2.87. The largest absolute Gasteiger partial charge is 0.456 e. The first-order valence-electron chi connectivity index (χ1n) is 5.45. The van der Waals surface area contributed by atoms with Crippen LogP contribution in [0.25, 0.3) is 11.7 Å². The monoisotopic (exact) mass is 220 g/mol. The Hall–Kier alpha value is -1.55. The summed E-state index contributed by atoms with van der Waals surface area (Å²) in [6.45, 7) is 2.89. The van der Waals surface area contributed by atoms with Crippen molar-refractivity contribution in [1.82, 2.24) is 10.3 Å². The second kappa shape index (κ2) is 4.99. The fraction of sp³-hybridized carbons (Fsp3) is 0.417. The lowest BCUT2D eigenvalue weighted by Crippen LogP contribution is -2.08. The lowest BCUT2D eigenvalue weighted by atomic mass is 10.3. The Bertz CT molecular complexity index is 445. The number of aromatic nitrogens is 1. The molecule has 0 radical (unpaired) electrons. The van der Waals surface area contributed by atoms with Crippen LogP contribution in [-0.2, 0) is 6.42 Å². The van der Waals surface area contributed by atoms with E-state index in [2.05, 4.69) is 10.3 Å². The van der Waals surface area contributed by atoms with E-state index in [1.165, 1.54) is 0 Å². The van der Waals surface area contributed by atoms with E-state index in [0.717, 1.165) is 30.9 Å². The number of nitrogens with one attached hydrogen (secondary N) is 1. The molecule has 2 aromatic rings. The van der Waals surface area contributed by atoms with Crippen LogP contribution < -0.4 is 5.32 Å². The van der Waals surface area contributed by atoms with Crippen molar-refractivity contribution in [2.24, 2.45) is 0 Å². The van der Waals surface area contributed by atoms with Crippen molar-refractivity contribution in [3.05, 3.63) is 29.9 Å². The summed E-state index contributed by atoms with van der Waals surface area (Å²) in [5.74, 6) is 3.02. The van der Waals surface area contributed by atoms with Crippen LogP contribution in [0.4, 0.5) is 0 Å². The summed E-state index contributed by atoms with van der Waals surface area (Å²) in [5.41, 5.74) is 0. The van der Waals surface area contributed by atoms with Gasteiger partial charge in [-0.05, 0) is 39.1 Å². The third kappa shape index (κ3) is 2.52. The van der Waals surface area contributed by atoms with Crippen LogP contribution in [0.2, 0.25) is 0 Å². The molecule has 0 saturated heterocycles. The number of rotatable bonds is 5. The molecule has 0 amide bonds. The lowest BCUT2D eigenvalue weighted by molar-refractivity contribution is 0.473. The molecule has 2 aromatic heterocycles. The van der Waals surface area contributed by atoms with E-state index in [4.69, 9.17) is 8.83 Å². The second-order valence-corrected chi connectivity index (χ2v) is 3.75. The molecule has 4 nitrogen and oxygen atoms in total. The first-order chi connectivity index (χ1) is 7.79. The fourth-order valence-corrected chi connectivity index (χ4v) is 1.53. The van der Waals surface area contributed by atoms with Gasteiger partial charge < -0.3 is 14.2 Å². The van der Waals surface area contributed by atoms with Gasteiger partial charge in [0.2, 0.25) is 0 Å². The standard InChI is InChI=1S/C12H16N2O2/c1-9-5-6-11(15-9)12-14-8-10(16-12)4-3-7-13-2/h5-6,8,13H,3-4,7H2,1-2H3. The SMILES string of the molecule is CNCCCc1cnc(-c2ccc(C)o2)o1. The van der Waals surface area contributed by atoms with Crippen molar-refractivity contribution in [3.63, 3.8) is 0 Å². The molecule has 0 unspecified atom stereocenters. The van der Waals surface area contributed by atoms with E-state index in [1.54, 1.807) is 6.20 Å². The minimum Gasteiger partial charge on any atom is -0.456 e. The normalized spacial score (nSPS) is 10.9. The predicted octanol–water partition coefficient (Wildman–Crippen LogP) is 2.40. The second-order valence-electron chi connectivity index (χ2n) is 3.75. The summed E-state index contributed by atoms with van der Waals surface area (Å²) < 4.78 is 11.0. The molecule has 4 heteroatoms. The zero-order valence-corrected chi connectivity index (χ0v) is 9.62. The Labute approximate surface area is 94.7 Å². The van der Waals surface area contributed by atoms with Crippen molar-refractivity contribution < 1.29 is 8.83 Å². The summed E-state index contributed by atoms with van der Waals surface area (Å²) >= 11 is 0. The number of nitrogens with zero attached hydrogens (tertiary/aromatic N) is 1. The Morgan fingerprint density at radius 3 is 2.88 bits per heavy atom. The summed E-state index contributed by atoms with van der Waals surface area (Å²) in [6, 6.07) is 3.78. The topological polar surface area (TPSA) is 51.2 Å². The Kier molecular flexibility index (Phi) is 3.41. The molecule has 0 aliphatic carbocycles. The first-order valence-corrected chi connectivity index (χ1v) is 5.45. The van der Waals surface area contributed by atoms with Crippen LogP contribution in [0.15, 0.2) is 27.2 Å². The molecule has 0 aromatic carbocycles. The Balaban J connectivity index is 2.02. The average molecular weight is 220 g/mol. The van der Waals surface area contributed by atoms with Crippen LogP contribution in [0.1, 0.15) is 17.9 Å². The zero-order chi connectivity index (χ0) is 11.4. The maximum Gasteiger partial charge on any atom is 0.262 e. The molecule has 86 valence electrons. The van der Waals surface area contributed by atoms with Crippen LogP contribution >= 0.6 is 0 Å². The van der Waals surface area contributed by atoms with Gasteiger partial charge in [-0.15, -0.1) is 0 Å². The van der Waals surface area contributed by atoms with Crippen molar-refractivity contribution in [2.45, 2.75) is 19.8 Å². The van der Waals surface area contributed by atoms with Gasteiger partial charge >= 0.3 is 0 Å². The predicted molar refractivity (Wildman–Crippen MR) is 61.2 cm³/mol. The van der Waals surface area contributed by atoms with Gasteiger partial charge in [0.15, 0.2) is 5.76 Å². The Morgan fingerprint density at radius 1 is 1.31 bits per heavy atom. The highest BCUT2D eigenvalue weighted by molar-refractivity contribution is 5.44. The number of furan rings is 1. The third-order valence-electron chi connectivity index (χ3n) is 2.35. The molecule has 0 atom stereocenters. The zero-order valence-electron chi connectivity index (χ0n) is 9.62. The summed E-state index contributed by atoms with van der Waals surface area (Å²) in [7, 11) is 1.94. The van der Waals surface area contributed by atoms with Crippen LogP contribution in [0, 0.1) is 6.92 Å². The number of hydrogen-bond donors (Lipinski definition) is 1. The molecule has 0 saturated carbocycles. The number of aryl methyl sites for hydroxylation is 2.